The fourth-order valence-corrected chi connectivity index (χ4v) is 6.81. The van der Waals surface area contributed by atoms with Gasteiger partial charge in [-0.1, -0.05) is 121 Å². The SMILES string of the molecule is c1ccc(-c2ccc3cc(-c4ccc5c(ccc6c5c5ccccc5n6-c5ccc6ccccc6c5)c4)ccc3c2)cc1. The molecule has 0 saturated heterocycles. The third-order valence-corrected chi connectivity index (χ3v) is 8.92. The van der Waals surface area contributed by atoms with Crippen molar-refractivity contribution in [2.45, 2.75) is 0 Å². The first kappa shape index (κ1) is 24.0. The summed E-state index contributed by atoms with van der Waals surface area (Å²) in [5.74, 6) is 0. The van der Waals surface area contributed by atoms with Crippen LogP contribution in [0.4, 0.5) is 0 Å². The molecular formula is C42H27N. The minimum absolute atomic E-state index is 1.19. The molecule has 0 aliphatic rings. The molecule has 8 aromatic carbocycles. The molecule has 0 aliphatic carbocycles. The Bertz CT molecular complexity index is 2500. The summed E-state index contributed by atoms with van der Waals surface area (Å²) >= 11 is 0. The van der Waals surface area contributed by atoms with Crippen LogP contribution in [0.2, 0.25) is 0 Å². The Balaban J connectivity index is 1.18. The molecule has 0 atom stereocenters. The van der Waals surface area contributed by atoms with E-state index in [1.807, 2.05) is 0 Å². The lowest BCUT2D eigenvalue weighted by Gasteiger charge is -2.11. The highest BCUT2D eigenvalue weighted by molar-refractivity contribution is 6.21. The minimum atomic E-state index is 1.19. The molecule has 0 bridgehead atoms. The molecule has 0 unspecified atom stereocenters. The van der Waals surface area contributed by atoms with Crippen molar-refractivity contribution in [2.75, 3.05) is 0 Å². The summed E-state index contributed by atoms with van der Waals surface area (Å²) in [7, 11) is 0. The number of hydrogen-bond donors (Lipinski definition) is 0. The van der Waals surface area contributed by atoms with Gasteiger partial charge in [-0.05, 0) is 97.0 Å². The van der Waals surface area contributed by atoms with Gasteiger partial charge < -0.3 is 4.57 Å². The van der Waals surface area contributed by atoms with Crippen LogP contribution in [0.5, 0.6) is 0 Å². The van der Waals surface area contributed by atoms with Crippen molar-refractivity contribution in [1.29, 1.82) is 0 Å². The second kappa shape index (κ2) is 9.44. The lowest BCUT2D eigenvalue weighted by Crippen LogP contribution is -1.93. The van der Waals surface area contributed by atoms with Gasteiger partial charge in [-0.2, -0.15) is 0 Å². The summed E-state index contributed by atoms with van der Waals surface area (Å²) in [6, 6.07) is 59.8. The van der Waals surface area contributed by atoms with Gasteiger partial charge in [-0.15, -0.1) is 0 Å². The molecule has 9 aromatic rings. The second-order valence-electron chi connectivity index (χ2n) is 11.4. The zero-order valence-corrected chi connectivity index (χ0v) is 23.5. The molecule has 0 saturated carbocycles. The normalized spacial score (nSPS) is 11.7. The van der Waals surface area contributed by atoms with E-state index in [0.29, 0.717) is 0 Å². The number of para-hydroxylation sites is 1. The number of fused-ring (bicyclic) bond motifs is 7. The predicted molar refractivity (Wildman–Crippen MR) is 184 cm³/mol. The molecule has 1 nitrogen and oxygen atoms in total. The molecule has 0 N–H and O–H groups in total. The lowest BCUT2D eigenvalue weighted by atomic mass is 9.95. The van der Waals surface area contributed by atoms with Crippen LogP contribution in [0, 0.1) is 0 Å². The number of hydrogen-bond acceptors (Lipinski definition) is 0. The van der Waals surface area contributed by atoms with E-state index in [1.54, 1.807) is 0 Å². The van der Waals surface area contributed by atoms with Gasteiger partial charge in [0.1, 0.15) is 0 Å². The first-order valence-electron chi connectivity index (χ1n) is 14.8. The van der Waals surface area contributed by atoms with E-state index in [2.05, 4.69) is 168 Å². The fraction of sp³-hybridized carbons (Fsp3) is 0. The zero-order valence-electron chi connectivity index (χ0n) is 23.5. The Morgan fingerprint density at radius 3 is 1.70 bits per heavy atom. The van der Waals surface area contributed by atoms with Crippen molar-refractivity contribution < 1.29 is 0 Å². The molecule has 0 spiro atoms. The fourth-order valence-electron chi connectivity index (χ4n) is 6.81. The van der Waals surface area contributed by atoms with Crippen LogP contribution in [-0.2, 0) is 0 Å². The highest BCUT2D eigenvalue weighted by Gasteiger charge is 2.15. The molecule has 1 heteroatoms. The van der Waals surface area contributed by atoms with Gasteiger partial charge >= 0.3 is 0 Å². The molecule has 9 rings (SSSR count). The molecule has 200 valence electrons. The molecule has 1 heterocycles. The van der Waals surface area contributed by atoms with Crippen LogP contribution in [0.15, 0.2) is 164 Å². The van der Waals surface area contributed by atoms with Crippen molar-refractivity contribution >= 4 is 54.1 Å². The summed E-state index contributed by atoms with van der Waals surface area (Å²) in [5.41, 5.74) is 8.62. The number of nitrogens with zero attached hydrogens (tertiary/aromatic N) is 1. The van der Waals surface area contributed by atoms with Gasteiger partial charge in [0.25, 0.3) is 0 Å². The molecule has 43 heavy (non-hydrogen) atoms. The van der Waals surface area contributed by atoms with Gasteiger partial charge in [-0.25, -0.2) is 0 Å². The van der Waals surface area contributed by atoms with Crippen LogP contribution in [0.25, 0.3) is 82.1 Å². The second-order valence-corrected chi connectivity index (χ2v) is 11.4. The highest BCUT2D eigenvalue weighted by Crippen LogP contribution is 2.39. The van der Waals surface area contributed by atoms with Crippen LogP contribution < -0.4 is 0 Å². The van der Waals surface area contributed by atoms with Crippen molar-refractivity contribution in [2.24, 2.45) is 0 Å². The quantitative estimate of drug-likeness (QED) is 0.208. The van der Waals surface area contributed by atoms with Crippen molar-refractivity contribution in [1.82, 2.24) is 4.57 Å². The van der Waals surface area contributed by atoms with E-state index in [-0.39, 0.29) is 0 Å². The molecular weight excluding hydrogens is 518 g/mol. The van der Waals surface area contributed by atoms with Crippen molar-refractivity contribution in [3.63, 3.8) is 0 Å². The van der Waals surface area contributed by atoms with Crippen molar-refractivity contribution in [3.05, 3.63) is 164 Å². The van der Waals surface area contributed by atoms with E-state index in [0.717, 1.165) is 0 Å². The number of aromatic nitrogens is 1. The maximum atomic E-state index is 2.41. The summed E-state index contributed by atoms with van der Waals surface area (Å²) in [4.78, 5) is 0. The standard InChI is InChI=1S/C42H27N/c1-2-8-28(9-3-1)31-14-15-33-25-34(17-16-32(33)24-31)35-19-22-38-36(26-35)20-23-41-42(38)39-12-6-7-13-40(39)43(41)37-21-18-29-10-4-5-11-30(29)27-37/h1-27H. The first-order valence-corrected chi connectivity index (χ1v) is 14.8. The van der Waals surface area contributed by atoms with Gasteiger partial charge in [0.2, 0.25) is 0 Å². The summed E-state index contributed by atoms with van der Waals surface area (Å²) in [6.07, 6.45) is 0. The topological polar surface area (TPSA) is 4.93 Å². The third kappa shape index (κ3) is 3.86. The summed E-state index contributed by atoms with van der Waals surface area (Å²) in [6.45, 7) is 0. The Labute approximate surface area is 249 Å². The highest BCUT2D eigenvalue weighted by atomic mass is 15.0. The van der Waals surface area contributed by atoms with Gasteiger partial charge in [0.15, 0.2) is 0 Å². The van der Waals surface area contributed by atoms with Crippen LogP contribution in [0.3, 0.4) is 0 Å². The maximum absolute atomic E-state index is 2.41. The van der Waals surface area contributed by atoms with Crippen LogP contribution in [0.1, 0.15) is 0 Å². The Morgan fingerprint density at radius 2 is 0.884 bits per heavy atom. The number of benzene rings is 8. The molecule has 0 amide bonds. The minimum Gasteiger partial charge on any atom is -0.309 e. The average Bonchev–Trinajstić information content (AvgIpc) is 3.42. The summed E-state index contributed by atoms with van der Waals surface area (Å²) < 4.78 is 2.41. The van der Waals surface area contributed by atoms with Gasteiger partial charge in [-0.3, -0.25) is 0 Å². The Morgan fingerprint density at radius 1 is 0.302 bits per heavy atom. The Kier molecular flexibility index (Phi) is 5.27. The van der Waals surface area contributed by atoms with Gasteiger partial charge in [0.05, 0.1) is 11.0 Å². The molecule has 0 fully saturated rings. The van der Waals surface area contributed by atoms with E-state index in [9.17, 15) is 0 Å². The predicted octanol–water partition coefficient (Wildman–Crippen LogP) is 11.6. The van der Waals surface area contributed by atoms with E-state index >= 15 is 0 Å². The third-order valence-electron chi connectivity index (χ3n) is 8.92. The van der Waals surface area contributed by atoms with E-state index < -0.39 is 0 Å². The molecule has 1 aromatic heterocycles. The monoisotopic (exact) mass is 545 g/mol. The van der Waals surface area contributed by atoms with Crippen LogP contribution in [-0.4, -0.2) is 4.57 Å². The van der Waals surface area contributed by atoms with Gasteiger partial charge in [0, 0.05) is 16.5 Å². The zero-order chi connectivity index (χ0) is 28.3. The average molecular weight is 546 g/mol. The molecule has 0 aliphatic heterocycles. The first-order chi connectivity index (χ1) is 21.3. The summed E-state index contributed by atoms with van der Waals surface area (Å²) in [5, 5.41) is 10.2. The van der Waals surface area contributed by atoms with Crippen LogP contribution >= 0.6 is 0 Å². The largest absolute Gasteiger partial charge is 0.309 e. The Hall–Kier alpha value is -5.66. The van der Waals surface area contributed by atoms with E-state index in [1.165, 1.54) is 82.1 Å². The maximum Gasteiger partial charge on any atom is 0.0547 e. The number of rotatable bonds is 3. The lowest BCUT2D eigenvalue weighted by molar-refractivity contribution is 1.19. The molecule has 0 radical (unpaired) electrons. The van der Waals surface area contributed by atoms with Crippen molar-refractivity contribution in [3.8, 4) is 27.9 Å². The van der Waals surface area contributed by atoms with E-state index in [4.69, 9.17) is 0 Å². The smallest absolute Gasteiger partial charge is 0.0547 e.